The summed E-state index contributed by atoms with van der Waals surface area (Å²) in [5.74, 6) is 1.38. The van der Waals surface area contributed by atoms with Gasteiger partial charge in [-0.05, 0) is 17.7 Å². The van der Waals surface area contributed by atoms with Crippen LogP contribution in [0.5, 0.6) is 11.5 Å². The van der Waals surface area contributed by atoms with Crippen LogP contribution >= 0.6 is 11.6 Å². The van der Waals surface area contributed by atoms with Gasteiger partial charge < -0.3 is 14.2 Å². The number of hydrogen-bond acceptors (Lipinski definition) is 6. The highest BCUT2D eigenvalue weighted by molar-refractivity contribution is 6.31. The largest absolute Gasteiger partial charge is 0.486 e. The number of piperazine rings is 1. The van der Waals surface area contributed by atoms with E-state index in [2.05, 4.69) is 15.9 Å². The second-order valence-electron chi connectivity index (χ2n) is 7.20. The number of rotatable bonds is 5. The van der Waals surface area contributed by atoms with Gasteiger partial charge in [0.25, 0.3) is 0 Å². The Bertz CT molecular complexity index is 868. The summed E-state index contributed by atoms with van der Waals surface area (Å²) in [5, 5.41) is 0.582. The Hall–Kier alpha value is -2.28. The summed E-state index contributed by atoms with van der Waals surface area (Å²) >= 11 is 6.37. The van der Waals surface area contributed by atoms with E-state index >= 15 is 0 Å². The van der Waals surface area contributed by atoms with Gasteiger partial charge in [-0.3, -0.25) is 9.80 Å². The zero-order chi connectivity index (χ0) is 20.2. The first kappa shape index (κ1) is 20.0. The highest BCUT2D eigenvalue weighted by Gasteiger charge is 2.32. The van der Waals surface area contributed by atoms with Crippen molar-refractivity contribution in [2.24, 2.45) is 0 Å². The minimum Gasteiger partial charge on any atom is -0.486 e. The summed E-state index contributed by atoms with van der Waals surface area (Å²) in [4.78, 5) is 17.0. The molecule has 0 saturated carbocycles. The van der Waals surface area contributed by atoms with Gasteiger partial charge in [0, 0.05) is 43.3 Å². The first-order chi connectivity index (χ1) is 14.2. The lowest BCUT2D eigenvalue weighted by Gasteiger charge is -2.38. The Morgan fingerprint density at radius 3 is 2.59 bits per heavy atom. The highest BCUT2D eigenvalue weighted by Crippen LogP contribution is 2.35. The van der Waals surface area contributed by atoms with Crippen LogP contribution in [0.25, 0.3) is 0 Å². The number of hydrogen-bond donors (Lipinski definition) is 0. The van der Waals surface area contributed by atoms with Gasteiger partial charge in [-0.2, -0.15) is 0 Å². The van der Waals surface area contributed by atoms with Crippen molar-refractivity contribution >= 4 is 17.6 Å². The molecule has 2 aliphatic heterocycles. The summed E-state index contributed by atoms with van der Waals surface area (Å²) < 4.78 is 16.6. The molecule has 0 amide bonds. The van der Waals surface area contributed by atoms with Crippen molar-refractivity contribution in [3.05, 3.63) is 58.6 Å². The van der Waals surface area contributed by atoms with Crippen molar-refractivity contribution in [3.8, 4) is 11.5 Å². The molecule has 4 rings (SSSR count). The van der Waals surface area contributed by atoms with Gasteiger partial charge in [0.15, 0.2) is 11.5 Å². The average Bonchev–Trinajstić information content (AvgIpc) is 2.76. The lowest BCUT2D eigenvalue weighted by molar-refractivity contribution is -0.148. The van der Waals surface area contributed by atoms with Crippen molar-refractivity contribution in [1.29, 1.82) is 0 Å². The Balaban J connectivity index is 1.44. The highest BCUT2D eigenvalue weighted by atomic mass is 35.5. The summed E-state index contributed by atoms with van der Waals surface area (Å²) in [7, 11) is 1.42. The molecule has 2 aliphatic rings. The molecular weight excluding hydrogens is 392 g/mol. The van der Waals surface area contributed by atoms with Gasteiger partial charge in [0.2, 0.25) is 0 Å². The van der Waals surface area contributed by atoms with Gasteiger partial charge in [0.1, 0.15) is 19.3 Å². The number of benzene rings is 2. The van der Waals surface area contributed by atoms with Crippen LogP contribution in [0.2, 0.25) is 5.02 Å². The van der Waals surface area contributed by atoms with E-state index in [-0.39, 0.29) is 5.97 Å². The number of carbonyl (C=O) groups is 1. The summed E-state index contributed by atoms with van der Waals surface area (Å²) in [5.41, 5.74) is 1.92. The van der Waals surface area contributed by atoms with E-state index in [1.165, 1.54) is 7.11 Å². The average molecular weight is 417 g/mol. The molecule has 0 spiro atoms. The molecule has 0 radical (unpaired) electrons. The number of fused-ring (bicyclic) bond motifs is 1. The van der Waals surface area contributed by atoms with Gasteiger partial charge in [-0.15, -0.1) is 0 Å². The maximum atomic E-state index is 12.5. The zero-order valence-electron chi connectivity index (χ0n) is 16.5. The van der Waals surface area contributed by atoms with Crippen molar-refractivity contribution in [3.63, 3.8) is 0 Å². The van der Waals surface area contributed by atoms with Crippen molar-refractivity contribution < 1.29 is 19.0 Å². The minimum absolute atomic E-state index is 0.283. The van der Waals surface area contributed by atoms with Crippen molar-refractivity contribution in [2.45, 2.75) is 12.6 Å². The second-order valence-corrected chi connectivity index (χ2v) is 7.61. The van der Waals surface area contributed by atoms with Crippen LogP contribution in [-0.2, 0) is 16.1 Å². The van der Waals surface area contributed by atoms with Crippen LogP contribution in [0.1, 0.15) is 17.2 Å². The lowest BCUT2D eigenvalue weighted by atomic mass is 10.0. The van der Waals surface area contributed by atoms with Gasteiger partial charge in [0.05, 0.1) is 7.11 Å². The van der Waals surface area contributed by atoms with Gasteiger partial charge in [-0.25, -0.2) is 4.79 Å². The normalized spacial score (nSPS) is 18.3. The van der Waals surface area contributed by atoms with Gasteiger partial charge >= 0.3 is 5.97 Å². The molecule has 0 N–H and O–H groups in total. The monoisotopic (exact) mass is 416 g/mol. The first-order valence-electron chi connectivity index (χ1n) is 9.83. The molecule has 7 heteroatoms. The van der Waals surface area contributed by atoms with E-state index in [1.807, 2.05) is 36.4 Å². The lowest BCUT2D eigenvalue weighted by Crippen LogP contribution is -2.49. The Morgan fingerprint density at radius 2 is 1.83 bits per heavy atom. The quantitative estimate of drug-likeness (QED) is 0.698. The van der Waals surface area contributed by atoms with E-state index in [0.29, 0.717) is 18.2 Å². The molecule has 2 heterocycles. The first-order valence-corrected chi connectivity index (χ1v) is 10.2. The maximum Gasteiger partial charge on any atom is 0.327 e. The van der Waals surface area contributed by atoms with Crippen LogP contribution in [0.15, 0.2) is 42.5 Å². The van der Waals surface area contributed by atoms with Crippen molar-refractivity contribution in [1.82, 2.24) is 9.80 Å². The molecule has 1 fully saturated rings. The zero-order valence-corrected chi connectivity index (χ0v) is 17.2. The molecule has 1 saturated heterocycles. The minimum atomic E-state index is -0.489. The molecule has 2 aromatic carbocycles. The van der Waals surface area contributed by atoms with Crippen LogP contribution in [0, 0.1) is 0 Å². The Labute approximate surface area is 175 Å². The third-order valence-corrected chi connectivity index (χ3v) is 5.78. The Kier molecular flexibility index (Phi) is 6.23. The molecule has 0 aromatic heterocycles. The van der Waals surface area contributed by atoms with Crippen LogP contribution in [0.3, 0.4) is 0 Å². The number of ether oxygens (including phenoxy) is 3. The van der Waals surface area contributed by atoms with E-state index in [0.717, 1.165) is 55.3 Å². The fourth-order valence-electron chi connectivity index (χ4n) is 3.96. The predicted molar refractivity (Wildman–Crippen MR) is 110 cm³/mol. The smallest absolute Gasteiger partial charge is 0.327 e. The number of carbonyl (C=O) groups excluding carboxylic acids is 1. The number of halogens is 1. The molecule has 1 atom stereocenters. The van der Waals surface area contributed by atoms with E-state index in [4.69, 9.17) is 25.8 Å². The maximum absolute atomic E-state index is 12.5. The fraction of sp³-hybridized carbons (Fsp3) is 0.409. The molecule has 0 aliphatic carbocycles. The third kappa shape index (κ3) is 4.34. The topological polar surface area (TPSA) is 51.2 Å². The number of esters is 1. The van der Waals surface area contributed by atoms with Crippen LogP contribution in [-0.4, -0.2) is 62.3 Å². The Morgan fingerprint density at radius 1 is 1.07 bits per heavy atom. The van der Waals surface area contributed by atoms with Gasteiger partial charge in [-0.1, -0.05) is 41.9 Å². The SMILES string of the molecule is COC(=O)C(c1ccccc1Cl)N1CCN(Cc2cccc3c2OCCO3)CC1. The molecule has 1 unspecified atom stereocenters. The molecule has 154 valence electrons. The summed E-state index contributed by atoms with van der Waals surface area (Å²) in [6.07, 6.45) is 0. The molecule has 29 heavy (non-hydrogen) atoms. The number of methoxy groups -OCH3 is 1. The van der Waals surface area contributed by atoms with E-state index < -0.39 is 6.04 Å². The molecule has 0 bridgehead atoms. The van der Waals surface area contributed by atoms with E-state index in [9.17, 15) is 4.79 Å². The summed E-state index contributed by atoms with van der Waals surface area (Å²) in [6, 6.07) is 13.0. The number of nitrogens with zero attached hydrogens (tertiary/aromatic N) is 2. The fourth-order valence-corrected chi connectivity index (χ4v) is 4.20. The van der Waals surface area contributed by atoms with Crippen LogP contribution in [0.4, 0.5) is 0 Å². The second kappa shape index (κ2) is 9.03. The molecule has 6 nitrogen and oxygen atoms in total. The van der Waals surface area contributed by atoms with E-state index in [1.54, 1.807) is 0 Å². The third-order valence-electron chi connectivity index (χ3n) is 5.44. The standard InChI is InChI=1S/C22H25ClN2O4/c1-27-22(26)20(17-6-2-3-7-18(17)23)25-11-9-24(10-12-25)15-16-5-4-8-19-21(16)29-14-13-28-19/h2-8,20H,9-15H2,1H3. The number of para-hydroxylation sites is 1. The predicted octanol–water partition coefficient (Wildman–Crippen LogP) is 3.14. The molecule has 2 aromatic rings. The molecular formula is C22H25ClN2O4. The van der Waals surface area contributed by atoms with Crippen LogP contribution < -0.4 is 9.47 Å². The van der Waals surface area contributed by atoms with Crippen molar-refractivity contribution in [2.75, 3.05) is 46.5 Å². The summed E-state index contributed by atoms with van der Waals surface area (Å²) in [6.45, 7) is 5.12.